The van der Waals surface area contributed by atoms with Crippen LogP contribution >= 0.6 is 23.2 Å². The van der Waals surface area contributed by atoms with Crippen molar-refractivity contribution in [2.75, 3.05) is 13.7 Å². The number of rotatable bonds is 6. The molecule has 0 aliphatic rings. The maximum Gasteiger partial charge on any atom is 0.248 e. The van der Waals surface area contributed by atoms with Crippen molar-refractivity contribution in [1.29, 1.82) is 0 Å². The van der Waals surface area contributed by atoms with Crippen LogP contribution in [0.4, 0.5) is 0 Å². The first-order valence-electron chi connectivity index (χ1n) is 8.32. The summed E-state index contributed by atoms with van der Waals surface area (Å²) in [6.07, 6.45) is 1.45. The topological polar surface area (TPSA) is 54.1 Å². The maximum atomic E-state index is 12.2. The van der Waals surface area contributed by atoms with Crippen molar-refractivity contribution in [2.45, 2.75) is 18.9 Å². The van der Waals surface area contributed by atoms with Crippen LogP contribution in [0.15, 0.2) is 48.7 Å². The first-order chi connectivity index (χ1) is 12.5. The van der Waals surface area contributed by atoms with Gasteiger partial charge in [0.05, 0.1) is 0 Å². The van der Waals surface area contributed by atoms with E-state index in [1.807, 2.05) is 36.5 Å². The number of halogens is 2. The van der Waals surface area contributed by atoms with Gasteiger partial charge < -0.3 is 15.0 Å². The first-order valence-corrected chi connectivity index (χ1v) is 9.08. The lowest BCUT2D eigenvalue weighted by Crippen LogP contribution is -2.36. The Morgan fingerprint density at radius 1 is 1.19 bits per heavy atom. The van der Waals surface area contributed by atoms with Crippen LogP contribution in [0.3, 0.4) is 0 Å². The summed E-state index contributed by atoms with van der Waals surface area (Å²) in [6.45, 7) is 2.11. The molecule has 0 fully saturated rings. The molecule has 2 atom stereocenters. The molecule has 0 bridgehead atoms. The van der Waals surface area contributed by atoms with Crippen molar-refractivity contribution in [3.8, 4) is 0 Å². The second-order valence-electron chi connectivity index (χ2n) is 6.13. The van der Waals surface area contributed by atoms with Crippen LogP contribution in [0, 0.1) is 0 Å². The standard InChI is InChI=1S/C20H20Cl2N2O2/c1-12(26-2)20(25)24-11-16(14-8-7-13(21)9-18(14)22)17-10-23-19-6-4-3-5-15(17)19/h3-10,12,16,23H,11H2,1-2H3,(H,24,25). The third-order valence-corrected chi connectivity index (χ3v) is 5.10. The Hall–Kier alpha value is -2.01. The van der Waals surface area contributed by atoms with Gasteiger partial charge in [0.2, 0.25) is 5.91 Å². The molecule has 3 aromatic rings. The molecule has 6 heteroatoms. The van der Waals surface area contributed by atoms with Gasteiger partial charge in [-0.25, -0.2) is 0 Å². The van der Waals surface area contributed by atoms with Crippen molar-refractivity contribution < 1.29 is 9.53 Å². The molecule has 26 heavy (non-hydrogen) atoms. The Kier molecular flexibility index (Phi) is 5.87. The fraction of sp³-hybridized carbons (Fsp3) is 0.250. The van der Waals surface area contributed by atoms with Gasteiger partial charge in [0.1, 0.15) is 6.10 Å². The van der Waals surface area contributed by atoms with Gasteiger partial charge in [-0.1, -0.05) is 47.5 Å². The molecule has 136 valence electrons. The fourth-order valence-corrected chi connectivity index (χ4v) is 3.55. The lowest BCUT2D eigenvalue weighted by Gasteiger charge is -2.20. The zero-order valence-corrected chi connectivity index (χ0v) is 16.1. The summed E-state index contributed by atoms with van der Waals surface area (Å²) >= 11 is 12.5. The number of carbonyl (C=O) groups is 1. The van der Waals surface area contributed by atoms with Crippen molar-refractivity contribution in [2.24, 2.45) is 0 Å². The van der Waals surface area contributed by atoms with E-state index in [0.29, 0.717) is 16.6 Å². The normalized spacial score (nSPS) is 13.5. The minimum atomic E-state index is -0.515. The van der Waals surface area contributed by atoms with E-state index in [2.05, 4.69) is 16.4 Å². The van der Waals surface area contributed by atoms with E-state index >= 15 is 0 Å². The minimum absolute atomic E-state index is 0.121. The monoisotopic (exact) mass is 390 g/mol. The molecule has 4 nitrogen and oxygen atoms in total. The lowest BCUT2D eigenvalue weighted by molar-refractivity contribution is -0.130. The zero-order chi connectivity index (χ0) is 18.7. The number of aromatic amines is 1. The lowest BCUT2D eigenvalue weighted by atomic mass is 9.90. The van der Waals surface area contributed by atoms with Gasteiger partial charge in [0, 0.05) is 46.7 Å². The molecular formula is C20H20Cl2N2O2. The number of H-pyrrole nitrogens is 1. The van der Waals surface area contributed by atoms with Crippen LogP contribution in [-0.2, 0) is 9.53 Å². The van der Waals surface area contributed by atoms with Crippen LogP contribution in [0.5, 0.6) is 0 Å². The van der Waals surface area contributed by atoms with E-state index in [0.717, 1.165) is 22.0 Å². The van der Waals surface area contributed by atoms with Crippen molar-refractivity contribution in [3.05, 3.63) is 69.8 Å². The van der Waals surface area contributed by atoms with E-state index in [4.69, 9.17) is 27.9 Å². The van der Waals surface area contributed by atoms with Crippen LogP contribution in [0.25, 0.3) is 10.9 Å². The summed E-state index contributed by atoms with van der Waals surface area (Å²) < 4.78 is 5.09. The first kappa shape index (κ1) is 18.8. The van der Waals surface area contributed by atoms with Gasteiger partial charge in [0.25, 0.3) is 0 Å². The summed E-state index contributed by atoms with van der Waals surface area (Å²) in [5.74, 6) is -0.286. The molecule has 1 heterocycles. The number of carbonyl (C=O) groups excluding carboxylic acids is 1. The Morgan fingerprint density at radius 2 is 1.96 bits per heavy atom. The Balaban J connectivity index is 2.00. The van der Waals surface area contributed by atoms with Gasteiger partial charge in [0.15, 0.2) is 0 Å². The smallest absolute Gasteiger partial charge is 0.248 e. The van der Waals surface area contributed by atoms with Crippen molar-refractivity contribution >= 4 is 40.0 Å². The van der Waals surface area contributed by atoms with Crippen molar-refractivity contribution in [1.82, 2.24) is 10.3 Å². The molecule has 0 radical (unpaired) electrons. The van der Waals surface area contributed by atoms with E-state index in [1.54, 1.807) is 13.0 Å². The number of ether oxygens (including phenoxy) is 1. The third kappa shape index (κ3) is 3.88. The largest absolute Gasteiger partial charge is 0.372 e. The van der Waals surface area contributed by atoms with Crippen LogP contribution in [0.2, 0.25) is 10.0 Å². The van der Waals surface area contributed by atoms with Gasteiger partial charge in [-0.2, -0.15) is 0 Å². The molecule has 1 amide bonds. The summed E-state index contributed by atoms with van der Waals surface area (Å²) in [5.41, 5.74) is 3.01. The van der Waals surface area contributed by atoms with E-state index in [9.17, 15) is 4.79 Å². The van der Waals surface area contributed by atoms with Gasteiger partial charge >= 0.3 is 0 Å². The van der Waals surface area contributed by atoms with Gasteiger partial charge in [-0.15, -0.1) is 0 Å². The van der Waals surface area contributed by atoms with E-state index in [-0.39, 0.29) is 11.8 Å². The minimum Gasteiger partial charge on any atom is -0.372 e. The summed E-state index contributed by atoms with van der Waals surface area (Å²) in [5, 5.41) is 5.20. The molecule has 0 aliphatic carbocycles. The quantitative estimate of drug-likeness (QED) is 0.637. The Bertz CT molecular complexity index is 923. The number of benzene rings is 2. The third-order valence-electron chi connectivity index (χ3n) is 4.54. The molecule has 0 spiro atoms. The second kappa shape index (κ2) is 8.12. The maximum absolute atomic E-state index is 12.2. The number of hydrogen-bond donors (Lipinski definition) is 2. The molecule has 2 N–H and O–H groups in total. The number of fused-ring (bicyclic) bond motifs is 1. The van der Waals surface area contributed by atoms with Crippen LogP contribution < -0.4 is 5.32 Å². The highest BCUT2D eigenvalue weighted by Crippen LogP contribution is 2.35. The highest BCUT2D eigenvalue weighted by molar-refractivity contribution is 6.35. The molecule has 0 aliphatic heterocycles. The predicted molar refractivity (Wildman–Crippen MR) is 106 cm³/mol. The number of aromatic nitrogens is 1. The molecule has 0 saturated carbocycles. The SMILES string of the molecule is COC(C)C(=O)NCC(c1ccc(Cl)cc1Cl)c1c[nH]c2ccccc12. The molecule has 0 saturated heterocycles. The number of nitrogens with one attached hydrogen (secondary N) is 2. The Labute approximate surface area is 162 Å². The summed E-state index contributed by atoms with van der Waals surface area (Å²) in [7, 11) is 1.51. The highest BCUT2D eigenvalue weighted by atomic mass is 35.5. The van der Waals surface area contributed by atoms with Crippen LogP contribution in [0.1, 0.15) is 24.0 Å². The second-order valence-corrected chi connectivity index (χ2v) is 6.97. The average Bonchev–Trinajstić information content (AvgIpc) is 3.06. The van der Waals surface area contributed by atoms with Gasteiger partial charge in [-0.05, 0) is 36.2 Å². The Morgan fingerprint density at radius 3 is 2.69 bits per heavy atom. The molecule has 2 aromatic carbocycles. The molecule has 3 rings (SSSR count). The molecule has 1 aromatic heterocycles. The van der Waals surface area contributed by atoms with E-state index < -0.39 is 6.10 Å². The van der Waals surface area contributed by atoms with Crippen LogP contribution in [-0.4, -0.2) is 30.6 Å². The number of hydrogen-bond acceptors (Lipinski definition) is 2. The number of methoxy groups -OCH3 is 1. The molecule has 2 unspecified atom stereocenters. The predicted octanol–water partition coefficient (Wildman–Crippen LogP) is 4.76. The fourth-order valence-electron chi connectivity index (χ4n) is 3.01. The van der Waals surface area contributed by atoms with E-state index in [1.165, 1.54) is 7.11 Å². The number of amides is 1. The molecular weight excluding hydrogens is 371 g/mol. The highest BCUT2D eigenvalue weighted by Gasteiger charge is 2.22. The summed E-state index contributed by atoms with van der Waals surface area (Å²) in [4.78, 5) is 15.5. The average molecular weight is 391 g/mol. The number of para-hydroxylation sites is 1. The van der Waals surface area contributed by atoms with Gasteiger partial charge in [-0.3, -0.25) is 4.79 Å². The van der Waals surface area contributed by atoms with Crippen molar-refractivity contribution in [3.63, 3.8) is 0 Å². The zero-order valence-electron chi connectivity index (χ0n) is 14.6. The summed E-state index contributed by atoms with van der Waals surface area (Å²) in [6, 6.07) is 13.5.